The minimum Gasteiger partial charge on any atom is -0.491 e. The Labute approximate surface area is 105 Å². The maximum Gasteiger partial charge on any atom is 0.190 e. The fourth-order valence-electron chi connectivity index (χ4n) is 1.75. The monoisotopic (exact) mass is 242 g/mol. The predicted octanol–water partition coefficient (Wildman–Crippen LogP) is 2.58. The van der Waals surface area contributed by atoms with Gasteiger partial charge in [-0.3, -0.25) is 4.79 Å². The summed E-state index contributed by atoms with van der Waals surface area (Å²) in [5, 5.41) is 9.41. The quantitative estimate of drug-likeness (QED) is 0.838. The summed E-state index contributed by atoms with van der Waals surface area (Å²) in [5.74, 6) is 0.621. The van der Waals surface area contributed by atoms with Gasteiger partial charge in [0.2, 0.25) is 0 Å². The molecule has 0 saturated carbocycles. The third-order valence-electron chi connectivity index (χ3n) is 2.70. The molecule has 2 aromatic rings. The molecule has 4 heteroatoms. The van der Waals surface area contributed by atoms with Gasteiger partial charge in [-0.2, -0.15) is 5.26 Å². The molecule has 0 amide bonds. The first-order valence-corrected chi connectivity index (χ1v) is 5.95. The van der Waals surface area contributed by atoms with E-state index in [2.05, 4.69) is 11.9 Å². The van der Waals surface area contributed by atoms with E-state index in [0.717, 1.165) is 12.8 Å². The number of fused-ring (bicyclic) bond motifs is 1. The van der Waals surface area contributed by atoms with E-state index >= 15 is 0 Å². The van der Waals surface area contributed by atoms with Crippen molar-refractivity contribution in [3.05, 3.63) is 40.2 Å². The van der Waals surface area contributed by atoms with Gasteiger partial charge in [-0.1, -0.05) is 19.4 Å². The Hall–Kier alpha value is -2.28. The predicted molar refractivity (Wildman–Crippen MR) is 69.7 cm³/mol. The van der Waals surface area contributed by atoms with Crippen LogP contribution < -0.4 is 10.2 Å². The van der Waals surface area contributed by atoms with Gasteiger partial charge in [-0.05, 0) is 18.6 Å². The lowest BCUT2D eigenvalue weighted by atomic mass is 10.2. The number of hydrogen-bond donors (Lipinski definition) is 1. The van der Waals surface area contributed by atoms with Gasteiger partial charge in [0.15, 0.2) is 5.43 Å². The molecule has 1 aromatic carbocycles. The summed E-state index contributed by atoms with van der Waals surface area (Å²) in [5.41, 5.74) is 0.679. The van der Waals surface area contributed by atoms with Crippen LogP contribution in [0.4, 0.5) is 0 Å². The lowest BCUT2D eigenvalue weighted by Crippen LogP contribution is -2.05. The Morgan fingerprint density at radius 2 is 2.28 bits per heavy atom. The average molecular weight is 242 g/mol. The van der Waals surface area contributed by atoms with Crippen LogP contribution in [0.25, 0.3) is 10.9 Å². The van der Waals surface area contributed by atoms with Crippen LogP contribution in [0, 0.1) is 11.3 Å². The van der Waals surface area contributed by atoms with Crippen LogP contribution in [0.1, 0.15) is 25.5 Å². The third-order valence-corrected chi connectivity index (χ3v) is 2.70. The van der Waals surface area contributed by atoms with Crippen LogP contribution in [-0.4, -0.2) is 11.6 Å². The summed E-state index contributed by atoms with van der Waals surface area (Å²) in [7, 11) is 0. The molecular weight excluding hydrogens is 228 g/mol. The van der Waals surface area contributed by atoms with Gasteiger partial charge in [0.1, 0.15) is 17.5 Å². The highest BCUT2D eigenvalue weighted by molar-refractivity contribution is 5.84. The summed E-state index contributed by atoms with van der Waals surface area (Å²) in [6.45, 7) is 2.69. The topological polar surface area (TPSA) is 65.9 Å². The molecule has 1 N–H and O–H groups in total. The highest BCUT2D eigenvalue weighted by atomic mass is 16.5. The minimum atomic E-state index is -0.166. The Morgan fingerprint density at radius 3 is 3.00 bits per heavy atom. The van der Waals surface area contributed by atoms with Crippen molar-refractivity contribution in [2.45, 2.75) is 19.8 Å². The van der Waals surface area contributed by atoms with Crippen molar-refractivity contribution >= 4 is 10.9 Å². The van der Waals surface area contributed by atoms with E-state index in [1.807, 2.05) is 6.07 Å². The number of H-pyrrole nitrogens is 1. The van der Waals surface area contributed by atoms with Crippen molar-refractivity contribution in [1.29, 1.82) is 5.26 Å². The fourth-order valence-corrected chi connectivity index (χ4v) is 1.75. The molecule has 1 aromatic heterocycles. The molecule has 92 valence electrons. The van der Waals surface area contributed by atoms with Crippen LogP contribution in [0.5, 0.6) is 5.75 Å². The molecule has 0 aliphatic carbocycles. The number of rotatable bonds is 4. The van der Waals surface area contributed by atoms with Crippen molar-refractivity contribution in [3.63, 3.8) is 0 Å². The standard InChI is InChI=1S/C14H14N2O2/c1-2-3-7-18-13-6-4-5-11-12(17)8-10(9-15)16-14(11)13/h4-6,8H,2-3,7H2,1H3,(H,16,17). The SMILES string of the molecule is CCCCOc1cccc2c(=O)cc(C#N)[nH]c12. The van der Waals surface area contributed by atoms with E-state index in [9.17, 15) is 4.79 Å². The molecule has 0 atom stereocenters. The van der Waals surface area contributed by atoms with Gasteiger partial charge in [0, 0.05) is 11.5 Å². The molecule has 0 bridgehead atoms. The second-order valence-corrected chi connectivity index (χ2v) is 4.04. The van der Waals surface area contributed by atoms with Gasteiger partial charge in [-0.15, -0.1) is 0 Å². The van der Waals surface area contributed by atoms with E-state index in [0.29, 0.717) is 23.3 Å². The molecule has 0 spiro atoms. The number of aromatic amines is 1. The first-order valence-electron chi connectivity index (χ1n) is 5.95. The number of pyridine rings is 1. The number of nitriles is 1. The van der Waals surface area contributed by atoms with Crippen molar-refractivity contribution in [3.8, 4) is 11.8 Å². The van der Waals surface area contributed by atoms with Crippen LogP contribution in [-0.2, 0) is 0 Å². The number of ether oxygens (including phenoxy) is 1. The highest BCUT2D eigenvalue weighted by Gasteiger charge is 2.07. The highest BCUT2D eigenvalue weighted by Crippen LogP contribution is 2.21. The lowest BCUT2D eigenvalue weighted by Gasteiger charge is -2.08. The summed E-state index contributed by atoms with van der Waals surface area (Å²) in [4.78, 5) is 14.7. The number of hydrogen-bond acceptors (Lipinski definition) is 3. The normalized spacial score (nSPS) is 10.2. The zero-order valence-corrected chi connectivity index (χ0v) is 10.2. The van der Waals surface area contributed by atoms with Crippen molar-refractivity contribution < 1.29 is 4.74 Å². The molecule has 0 aliphatic rings. The Morgan fingerprint density at radius 1 is 1.44 bits per heavy atom. The van der Waals surface area contributed by atoms with E-state index < -0.39 is 0 Å². The fraction of sp³-hybridized carbons (Fsp3) is 0.286. The number of benzene rings is 1. The molecule has 0 fully saturated rings. The van der Waals surface area contributed by atoms with Crippen LogP contribution in [0.3, 0.4) is 0 Å². The van der Waals surface area contributed by atoms with Gasteiger partial charge < -0.3 is 9.72 Å². The molecule has 0 unspecified atom stereocenters. The summed E-state index contributed by atoms with van der Waals surface area (Å²) < 4.78 is 5.63. The molecular formula is C14H14N2O2. The number of aromatic nitrogens is 1. The Kier molecular flexibility index (Phi) is 3.63. The molecule has 0 saturated heterocycles. The van der Waals surface area contributed by atoms with Crippen molar-refractivity contribution in [2.75, 3.05) is 6.61 Å². The first-order chi connectivity index (χ1) is 8.76. The number of unbranched alkanes of at least 4 members (excludes halogenated alkanes) is 1. The zero-order valence-electron chi connectivity index (χ0n) is 10.2. The maximum absolute atomic E-state index is 11.8. The summed E-state index contributed by atoms with van der Waals surface area (Å²) in [6.07, 6.45) is 2.00. The van der Waals surface area contributed by atoms with E-state index in [4.69, 9.17) is 10.00 Å². The Bertz CT molecular complexity index is 653. The van der Waals surface area contributed by atoms with Crippen LogP contribution in [0.15, 0.2) is 29.1 Å². The average Bonchev–Trinajstić information content (AvgIpc) is 2.39. The van der Waals surface area contributed by atoms with Crippen LogP contribution >= 0.6 is 0 Å². The van der Waals surface area contributed by atoms with E-state index in [1.165, 1.54) is 6.07 Å². The largest absolute Gasteiger partial charge is 0.491 e. The molecule has 2 rings (SSSR count). The van der Waals surface area contributed by atoms with Crippen LogP contribution in [0.2, 0.25) is 0 Å². The van der Waals surface area contributed by atoms with Gasteiger partial charge in [0.05, 0.1) is 12.1 Å². The minimum absolute atomic E-state index is 0.166. The summed E-state index contributed by atoms with van der Waals surface area (Å²) in [6, 6.07) is 8.55. The molecule has 1 heterocycles. The number of nitrogens with one attached hydrogen (secondary N) is 1. The van der Waals surface area contributed by atoms with Gasteiger partial charge in [-0.25, -0.2) is 0 Å². The second-order valence-electron chi connectivity index (χ2n) is 4.04. The third kappa shape index (κ3) is 2.35. The van der Waals surface area contributed by atoms with Crippen molar-refractivity contribution in [1.82, 2.24) is 4.98 Å². The molecule has 0 aliphatic heterocycles. The van der Waals surface area contributed by atoms with E-state index in [1.54, 1.807) is 18.2 Å². The molecule has 4 nitrogen and oxygen atoms in total. The summed E-state index contributed by atoms with van der Waals surface area (Å²) >= 11 is 0. The molecule has 0 radical (unpaired) electrons. The van der Waals surface area contributed by atoms with E-state index in [-0.39, 0.29) is 11.1 Å². The zero-order chi connectivity index (χ0) is 13.0. The Balaban J connectivity index is 2.50. The van der Waals surface area contributed by atoms with Gasteiger partial charge in [0.25, 0.3) is 0 Å². The lowest BCUT2D eigenvalue weighted by molar-refractivity contribution is 0.312. The van der Waals surface area contributed by atoms with Gasteiger partial charge >= 0.3 is 0 Å². The van der Waals surface area contributed by atoms with Crippen molar-refractivity contribution in [2.24, 2.45) is 0 Å². The first kappa shape index (κ1) is 12.2. The smallest absolute Gasteiger partial charge is 0.190 e. The molecule has 18 heavy (non-hydrogen) atoms. The second kappa shape index (κ2) is 5.37. The number of nitrogens with zero attached hydrogens (tertiary/aromatic N) is 1. The number of para-hydroxylation sites is 1. The maximum atomic E-state index is 11.8.